The number of carbonyl (C=O) groups excluding carboxylic acids is 2. The van der Waals surface area contributed by atoms with Gasteiger partial charge in [0.25, 0.3) is 5.91 Å². The number of nitrogens with one attached hydrogen (secondary N) is 1. The van der Waals surface area contributed by atoms with Crippen molar-refractivity contribution in [2.75, 3.05) is 26.0 Å². The van der Waals surface area contributed by atoms with Crippen LogP contribution in [0, 0.1) is 0 Å². The maximum Gasteiger partial charge on any atom is 0.338 e. The van der Waals surface area contributed by atoms with Gasteiger partial charge in [-0.25, -0.2) is 0 Å². The first kappa shape index (κ1) is 26.4. The van der Waals surface area contributed by atoms with Gasteiger partial charge in [0.15, 0.2) is 5.84 Å². The zero-order valence-electron chi connectivity index (χ0n) is 18.1. The van der Waals surface area contributed by atoms with E-state index in [4.69, 9.17) is 20.5 Å². The standard InChI is InChI=1S/C19H30N5O6P/c1-5-29-31(28,30-6-2)11-16(20)23-24-17(21)14-7-13(10-25)8-15(9-14)18(27)22-19(3,4)12-26/h7-10,26H,5-6,11-12H2,1-4H3,(H2,20,23)(H2,21,24)(H,22,27). The van der Waals surface area contributed by atoms with Crippen molar-refractivity contribution in [3.05, 3.63) is 34.9 Å². The topological polar surface area (TPSA) is 179 Å². The molecule has 0 aliphatic rings. The Balaban J connectivity index is 3.16. The van der Waals surface area contributed by atoms with Crippen LogP contribution in [0.15, 0.2) is 28.4 Å². The van der Waals surface area contributed by atoms with Crippen LogP contribution in [0.25, 0.3) is 0 Å². The maximum absolute atomic E-state index is 12.5. The van der Waals surface area contributed by atoms with Crippen LogP contribution in [-0.2, 0) is 13.6 Å². The molecule has 12 heteroatoms. The molecule has 172 valence electrons. The van der Waals surface area contributed by atoms with Gasteiger partial charge in [0.05, 0.1) is 25.4 Å². The molecule has 11 nitrogen and oxygen atoms in total. The number of rotatable bonds is 12. The number of carbonyl (C=O) groups is 2. The first-order valence-electron chi connectivity index (χ1n) is 9.56. The highest BCUT2D eigenvalue weighted by atomic mass is 31.2. The molecular weight excluding hydrogens is 425 g/mol. The zero-order valence-corrected chi connectivity index (χ0v) is 19.0. The quantitative estimate of drug-likeness (QED) is 0.119. The summed E-state index contributed by atoms with van der Waals surface area (Å²) in [5.41, 5.74) is 11.4. The Morgan fingerprint density at radius 3 is 2.26 bits per heavy atom. The molecule has 1 aromatic rings. The molecule has 1 rings (SSSR count). The van der Waals surface area contributed by atoms with Gasteiger partial charge in [-0.3, -0.25) is 14.2 Å². The molecule has 1 amide bonds. The molecular formula is C19H30N5O6P. The molecule has 0 atom stereocenters. The van der Waals surface area contributed by atoms with Crippen LogP contribution in [0.2, 0.25) is 0 Å². The molecule has 1 aromatic carbocycles. The Kier molecular flexibility index (Phi) is 9.99. The Hall–Kier alpha value is -2.59. The van der Waals surface area contributed by atoms with E-state index >= 15 is 0 Å². The Labute approximate surface area is 181 Å². The number of hydrogen-bond acceptors (Lipinski definition) is 8. The van der Waals surface area contributed by atoms with Gasteiger partial charge in [-0.1, -0.05) is 0 Å². The van der Waals surface area contributed by atoms with Crippen LogP contribution in [0.3, 0.4) is 0 Å². The summed E-state index contributed by atoms with van der Waals surface area (Å²) < 4.78 is 22.8. The second-order valence-electron chi connectivity index (χ2n) is 7.14. The summed E-state index contributed by atoms with van der Waals surface area (Å²) in [6, 6.07) is 4.23. The second-order valence-corrected chi connectivity index (χ2v) is 9.19. The molecule has 0 unspecified atom stereocenters. The van der Waals surface area contributed by atoms with E-state index in [0.717, 1.165) is 0 Å². The minimum Gasteiger partial charge on any atom is -0.394 e. The lowest BCUT2D eigenvalue weighted by atomic mass is 10.0. The highest BCUT2D eigenvalue weighted by molar-refractivity contribution is 7.54. The molecule has 31 heavy (non-hydrogen) atoms. The van der Waals surface area contributed by atoms with E-state index in [1.165, 1.54) is 18.2 Å². The van der Waals surface area contributed by atoms with Crippen molar-refractivity contribution in [1.29, 1.82) is 0 Å². The summed E-state index contributed by atoms with van der Waals surface area (Å²) in [5, 5.41) is 19.5. The molecule has 0 aliphatic carbocycles. The van der Waals surface area contributed by atoms with Crippen molar-refractivity contribution in [2.45, 2.75) is 33.2 Å². The van der Waals surface area contributed by atoms with Crippen molar-refractivity contribution >= 4 is 31.5 Å². The zero-order chi connectivity index (χ0) is 23.7. The number of nitrogens with zero attached hydrogens (tertiary/aromatic N) is 2. The van der Waals surface area contributed by atoms with Gasteiger partial charge in [0.1, 0.15) is 18.3 Å². The van der Waals surface area contributed by atoms with E-state index in [2.05, 4.69) is 15.5 Å². The number of hydrogen-bond donors (Lipinski definition) is 4. The van der Waals surface area contributed by atoms with Gasteiger partial charge in [-0.15, -0.1) is 10.2 Å². The normalized spacial score (nSPS) is 13.2. The average Bonchev–Trinajstić information content (AvgIpc) is 2.71. The number of aliphatic hydroxyl groups excluding tert-OH is 1. The van der Waals surface area contributed by atoms with Crippen molar-refractivity contribution in [1.82, 2.24) is 5.32 Å². The molecule has 0 radical (unpaired) electrons. The van der Waals surface area contributed by atoms with Gasteiger partial charge in [-0.05, 0) is 45.9 Å². The third-order valence-electron chi connectivity index (χ3n) is 3.79. The van der Waals surface area contributed by atoms with E-state index < -0.39 is 19.0 Å². The monoisotopic (exact) mass is 455 g/mol. The molecule has 0 heterocycles. The SMILES string of the molecule is CCOP(=O)(C/C(N)=N/N=C(\N)c1cc(C=O)cc(C(=O)NC(C)(C)CO)c1)OCC. The summed E-state index contributed by atoms with van der Waals surface area (Å²) in [5.74, 6) is -0.749. The van der Waals surface area contributed by atoms with E-state index in [0.29, 0.717) is 6.29 Å². The third kappa shape index (κ3) is 8.58. The maximum atomic E-state index is 12.5. The van der Waals surface area contributed by atoms with Crippen LogP contribution in [0.5, 0.6) is 0 Å². The van der Waals surface area contributed by atoms with Gasteiger partial charge in [0, 0.05) is 16.7 Å². The first-order chi connectivity index (χ1) is 14.5. The highest BCUT2D eigenvalue weighted by Gasteiger charge is 2.25. The number of nitrogens with two attached hydrogens (primary N) is 2. The number of benzene rings is 1. The van der Waals surface area contributed by atoms with E-state index in [-0.39, 0.29) is 54.3 Å². The molecule has 0 spiro atoms. The fourth-order valence-corrected chi connectivity index (χ4v) is 3.85. The minimum absolute atomic E-state index is 0.121. The van der Waals surface area contributed by atoms with Gasteiger partial charge in [0.2, 0.25) is 0 Å². The summed E-state index contributed by atoms with van der Waals surface area (Å²) in [6.45, 7) is 6.70. The van der Waals surface area contributed by atoms with Crippen LogP contribution in [0.4, 0.5) is 0 Å². The van der Waals surface area contributed by atoms with Crippen molar-refractivity contribution < 1.29 is 28.3 Å². The molecule has 0 fully saturated rings. The fourth-order valence-electron chi connectivity index (χ4n) is 2.35. The van der Waals surface area contributed by atoms with E-state index in [1.54, 1.807) is 27.7 Å². The smallest absolute Gasteiger partial charge is 0.338 e. The third-order valence-corrected chi connectivity index (χ3v) is 5.80. The average molecular weight is 455 g/mol. The van der Waals surface area contributed by atoms with Crippen LogP contribution >= 0.6 is 7.60 Å². The molecule has 0 saturated carbocycles. The largest absolute Gasteiger partial charge is 0.394 e. The molecule has 6 N–H and O–H groups in total. The second kappa shape index (κ2) is 11.7. The lowest BCUT2D eigenvalue weighted by molar-refractivity contribution is 0.0869. The summed E-state index contributed by atoms with van der Waals surface area (Å²) in [7, 11) is -3.45. The highest BCUT2D eigenvalue weighted by Crippen LogP contribution is 2.47. The van der Waals surface area contributed by atoms with Crippen LogP contribution in [-0.4, -0.2) is 60.5 Å². The number of amidine groups is 2. The number of aliphatic hydroxyl groups is 1. The Morgan fingerprint density at radius 2 is 1.74 bits per heavy atom. The lowest BCUT2D eigenvalue weighted by Gasteiger charge is -2.23. The molecule has 0 aliphatic heterocycles. The lowest BCUT2D eigenvalue weighted by Crippen LogP contribution is -2.46. The minimum atomic E-state index is -3.45. The van der Waals surface area contributed by atoms with Gasteiger partial charge >= 0.3 is 7.60 Å². The van der Waals surface area contributed by atoms with Crippen molar-refractivity contribution in [2.24, 2.45) is 21.7 Å². The van der Waals surface area contributed by atoms with E-state index in [1.807, 2.05) is 0 Å². The first-order valence-corrected chi connectivity index (χ1v) is 11.3. The molecule has 0 bridgehead atoms. The van der Waals surface area contributed by atoms with Gasteiger partial charge < -0.3 is 30.9 Å². The van der Waals surface area contributed by atoms with Crippen LogP contribution < -0.4 is 16.8 Å². The van der Waals surface area contributed by atoms with Crippen molar-refractivity contribution in [3.63, 3.8) is 0 Å². The number of aldehydes is 1. The summed E-state index contributed by atoms with van der Waals surface area (Å²) in [4.78, 5) is 23.8. The van der Waals surface area contributed by atoms with Crippen LogP contribution in [0.1, 0.15) is 54.0 Å². The molecule has 0 aromatic heterocycles. The number of amides is 1. The summed E-state index contributed by atoms with van der Waals surface area (Å²) >= 11 is 0. The Morgan fingerprint density at radius 1 is 1.16 bits per heavy atom. The fraction of sp³-hybridized carbons (Fsp3) is 0.474. The molecule has 0 saturated heterocycles. The predicted octanol–water partition coefficient (Wildman–Crippen LogP) is 1.24. The van der Waals surface area contributed by atoms with Crippen molar-refractivity contribution in [3.8, 4) is 0 Å². The summed E-state index contributed by atoms with van der Waals surface area (Å²) in [6.07, 6.45) is 0.284. The predicted molar refractivity (Wildman–Crippen MR) is 119 cm³/mol. The van der Waals surface area contributed by atoms with E-state index in [9.17, 15) is 19.3 Å². The Bertz CT molecular complexity index is 890. The van der Waals surface area contributed by atoms with Gasteiger partial charge in [-0.2, -0.15) is 0 Å².